The van der Waals surface area contributed by atoms with Crippen LogP contribution in [-0.4, -0.2) is 41.3 Å². The highest BCUT2D eigenvalue weighted by Crippen LogP contribution is 2.38. The van der Waals surface area contributed by atoms with Gasteiger partial charge in [-0.3, -0.25) is 9.59 Å². The van der Waals surface area contributed by atoms with Gasteiger partial charge in [-0.2, -0.15) is 0 Å². The largest absolute Gasteiger partial charge is 0.462 e. The molecule has 7 nitrogen and oxygen atoms in total. The molecule has 214 valence electrons. The minimum Gasteiger partial charge on any atom is -0.462 e. The van der Waals surface area contributed by atoms with Crippen molar-refractivity contribution >= 4 is 56.8 Å². The van der Waals surface area contributed by atoms with E-state index in [9.17, 15) is 14.4 Å². The van der Waals surface area contributed by atoms with Gasteiger partial charge in [-0.15, -0.1) is 23.1 Å². The predicted octanol–water partition coefficient (Wildman–Crippen LogP) is 6.62. The molecular formula is C32H35N3O4S2. The number of nitrogens with one attached hydrogen (secondary N) is 2. The quantitative estimate of drug-likeness (QED) is 0.123. The number of hydrogen-bond donors (Lipinski definition) is 2. The summed E-state index contributed by atoms with van der Waals surface area (Å²) in [7, 11) is 0. The lowest BCUT2D eigenvalue weighted by molar-refractivity contribution is -0.113. The Balaban J connectivity index is 1.25. The molecular weight excluding hydrogens is 555 g/mol. The molecule has 0 fully saturated rings. The van der Waals surface area contributed by atoms with Crippen molar-refractivity contribution in [2.75, 3.05) is 24.2 Å². The summed E-state index contributed by atoms with van der Waals surface area (Å²) in [6.45, 7) is 5.11. The first-order valence-electron chi connectivity index (χ1n) is 14.1. The molecule has 0 bridgehead atoms. The van der Waals surface area contributed by atoms with E-state index in [1.807, 2.05) is 61.7 Å². The summed E-state index contributed by atoms with van der Waals surface area (Å²) in [6.07, 6.45) is 7.10. The number of esters is 1. The fourth-order valence-electron chi connectivity index (χ4n) is 5.28. The molecule has 2 N–H and O–H groups in total. The van der Waals surface area contributed by atoms with Crippen molar-refractivity contribution in [2.24, 2.45) is 0 Å². The number of carbonyl (C=O) groups is 3. The molecule has 0 spiro atoms. The highest BCUT2D eigenvalue weighted by Gasteiger charge is 2.26. The number of nitrogens with zero attached hydrogens (tertiary/aromatic N) is 1. The summed E-state index contributed by atoms with van der Waals surface area (Å²) in [6, 6.07) is 15.6. The van der Waals surface area contributed by atoms with Gasteiger partial charge in [-0.1, -0.05) is 42.8 Å². The van der Waals surface area contributed by atoms with Crippen molar-refractivity contribution in [2.45, 2.75) is 57.4 Å². The second kappa shape index (κ2) is 13.4. The Morgan fingerprint density at radius 2 is 1.80 bits per heavy atom. The van der Waals surface area contributed by atoms with Gasteiger partial charge < -0.3 is 19.9 Å². The van der Waals surface area contributed by atoms with Gasteiger partial charge in [-0.25, -0.2) is 4.79 Å². The van der Waals surface area contributed by atoms with Crippen LogP contribution in [0, 0.1) is 6.92 Å². The molecule has 9 heteroatoms. The Bertz CT molecular complexity index is 1570. The number of anilines is 1. The molecule has 0 unspecified atom stereocenters. The van der Waals surface area contributed by atoms with E-state index in [1.165, 1.54) is 28.0 Å². The van der Waals surface area contributed by atoms with Crippen LogP contribution in [0.25, 0.3) is 10.9 Å². The smallest absolute Gasteiger partial charge is 0.341 e. The third-order valence-corrected chi connectivity index (χ3v) is 9.54. The molecule has 5 rings (SSSR count). The second-order valence-corrected chi connectivity index (χ2v) is 12.2. The van der Waals surface area contributed by atoms with Crippen LogP contribution in [0.2, 0.25) is 0 Å². The maximum Gasteiger partial charge on any atom is 0.341 e. The lowest BCUT2D eigenvalue weighted by atomic mass is 10.1. The lowest BCUT2D eigenvalue weighted by Crippen LogP contribution is -2.27. The summed E-state index contributed by atoms with van der Waals surface area (Å²) < 4.78 is 7.47. The first-order valence-corrected chi connectivity index (χ1v) is 15.9. The van der Waals surface area contributed by atoms with Gasteiger partial charge >= 0.3 is 5.97 Å². The van der Waals surface area contributed by atoms with Gasteiger partial charge in [0, 0.05) is 45.5 Å². The van der Waals surface area contributed by atoms with Crippen molar-refractivity contribution < 1.29 is 19.1 Å². The minimum absolute atomic E-state index is 0.0844. The Morgan fingerprint density at radius 1 is 1.02 bits per heavy atom. The average Bonchev–Trinajstić information content (AvgIpc) is 3.40. The van der Waals surface area contributed by atoms with Crippen molar-refractivity contribution in [3.05, 3.63) is 81.9 Å². The van der Waals surface area contributed by atoms with Crippen LogP contribution in [-0.2, 0) is 28.9 Å². The van der Waals surface area contributed by atoms with Crippen molar-refractivity contribution in [3.8, 4) is 0 Å². The number of carbonyl (C=O) groups excluding carboxylic acids is 3. The van der Waals surface area contributed by atoms with Gasteiger partial charge in [0.2, 0.25) is 5.91 Å². The standard InChI is InChI=1S/C32H35N3O4S2/c1-3-39-32(38)29-24-14-5-4-6-16-26(24)41-31(29)34-28(36)20-40-27-19-35(25-15-10-9-13-23(25)27)18-17-33-30(37)22-12-8-7-11-21(22)2/h7-13,15,19H,3-6,14,16-18,20H2,1-2H3,(H,33,37)(H,34,36). The fourth-order valence-corrected chi connectivity index (χ4v) is 7.46. The van der Waals surface area contributed by atoms with Crippen LogP contribution >= 0.6 is 23.1 Å². The van der Waals surface area contributed by atoms with E-state index in [1.54, 1.807) is 6.92 Å². The molecule has 1 aliphatic rings. The Hall–Kier alpha value is -3.56. The molecule has 0 aliphatic heterocycles. The van der Waals surface area contributed by atoms with E-state index in [-0.39, 0.29) is 23.5 Å². The third kappa shape index (κ3) is 6.68. The number of rotatable bonds is 10. The highest BCUT2D eigenvalue weighted by molar-refractivity contribution is 8.00. The van der Waals surface area contributed by atoms with Gasteiger partial charge in [-0.05, 0) is 62.8 Å². The van der Waals surface area contributed by atoms with Crippen LogP contribution in [0.1, 0.15) is 62.9 Å². The van der Waals surface area contributed by atoms with Crippen LogP contribution in [0.4, 0.5) is 5.00 Å². The molecule has 0 saturated heterocycles. The van der Waals surface area contributed by atoms with E-state index in [0.717, 1.165) is 59.0 Å². The Morgan fingerprint density at radius 3 is 2.63 bits per heavy atom. The van der Waals surface area contributed by atoms with E-state index >= 15 is 0 Å². The molecule has 1 aliphatic carbocycles. The van der Waals surface area contributed by atoms with Gasteiger partial charge in [0.25, 0.3) is 5.91 Å². The number of aryl methyl sites for hydroxylation is 2. The number of ether oxygens (including phenoxy) is 1. The number of thiophene rings is 1. The highest BCUT2D eigenvalue weighted by atomic mass is 32.2. The number of fused-ring (bicyclic) bond motifs is 2. The Kier molecular flexibility index (Phi) is 9.46. The maximum absolute atomic E-state index is 13.1. The number of aromatic nitrogens is 1. The normalized spacial score (nSPS) is 12.9. The van der Waals surface area contributed by atoms with Gasteiger partial charge in [0.15, 0.2) is 0 Å². The second-order valence-electron chi connectivity index (χ2n) is 10.1. The summed E-state index contributed by atoms with van der Waals surface area (Å²) in [5, 5.41) is 7.71. The molecule has 2 aromatic carbocycles. The van der Waals surface area contributed by atoms with Crippen molar-refractivity contribution in [3.63, 3.8) is 0 Å². The number of benzene rings is 2. The number of hydrogen-bond acceptors (Lipinski definition) is 6. The fraction of sp³-hybridized carbons (Fsp3) is 0.344. The van der Waals surface area contributed by atoms with E-state index in [2.05, 4.69) is 15.2 Å². The van der Waals surface area contributed by atoms with E-state index < -0.39 is 0 Å². The van der Waals surface area contributed by atoms with Crippen LogP contribution in [0.15, 0.2) is 59.6 Å². The summed E-state index contributed by atoms with van der Waals surface area (Å²) in [4.78, 5) is 40.8. The molecule has 2 aromatic heterocycles. The molecule has 2 heterocycles. The lowest BCUT2D eigenvalue weighted by Gasteiger charge is -2.09. The zero-order valence-electron chi connectivity index (χ0n) is 23.5. The third-order valence-electron chi connectivity index (χ3n) is 7.29. The topological polar surface area (TPSA) is 89.4 Å². The SMILES string of the molecule is CCOC(=O)c1c(NC(=O)CSc2cn(CCNC(=O)c3ccccc3C)c3ccccc23)sc2c1CCCCC2. The van der Waals surface area contributed by atoms with Crippen LogP contribution in [0.3, 0.4) is 0 Å². The summed E-state index contributed by atoms with van der Waals surface area (Å²) in [5.41, 5.74) is 4.26. The maximum atomic E-state index is 13.1. The van der Waals surface area contributed by atoms with Crippen LogP contribution in [0.5, 0.6) is 0 Å². The molecule has 0 radical (unpaired) electrons. The van der Waals surface area contributed by atoms with Gasteiger partial charge in [0.1, 0.15) is 5.00 Å². The number of amides is 2. The first-order chi connectivity index (χ1) is 20.0. The minimum atomic E-state index is -0.354. The van der Waals surface area contributed by atoms with E-state index in [4.69, 9.17) is 4.74 Å². The van der Waals surface area contributed by atoms with Crippen molar-refractivity contribution in [1.82, 2.24) is 9.88 Å². The molecule has 0 saturated carbocycles. The van der Waals surface area contributed by atoms with Crippen molar-refractivity contribution in [1.29, 1.82) is 0 Å². The Labute approximate surface area is 248 Å². The molecule has 41 heavy (non-hydrogen) atoms. The molecule has 0 atom stereocenters. The summed E-state index contributed by atoms with van der Waals surface area (Å²) in [5.74, 6) is -0.381. The molecule has 4 aromatic rings. The van der Waals surface area contributed by atoms with Crippen LogP contribution < -0.4 is 10.6 Å². The first kappa shape index (κ1) is 29.0. The van der Waals surface area contributed by atoms with E-state index in [0.29, 0.717) is 35.8 Å². The monoisotopic (exact) mass is 589 g/mol. The number of thioether (sulfide) groups is 1. The zero-order chi connectivity index (χ0) is 28.8. The average molecular weight is 590 g/mol. The predicted molar refractivity (Wildman–Crippen MR) is 166 cm³/mol. The van der Waals surface area contributed by atoms with Gasteiger partial charge in [0.05, 0.1) is 17.9 Å². The zero-order valence-corrected chi connectivity index (χ0v) is 25.1. The molecule has 2 amide bonds. The number of para-hydroxylation sites is 1. The summed E-state index contributed by atoms with van der Waals surface area (Å²) >= 11 is 2.98.